The molecule has 0 radical (unpaired) electrons. The SMILES string of the molecule is CCOC(=O)[C@H]1C[C@]2(C)C(=O)CCCC[C@@H]2N1C(=O)OCc1ccccc1. The minimum absolute atomic E-state index is 0.123. The maximum Gasteiger partial charge on any atom is 0.411 e. The highest BCUT2D eigenvalue weighted by molar-refractivity contribution is 5.91. The molecular weight excluding hydrogens is 346 g/mol. The molecule has 2 aliphatic rings. The Bertz CT molecular complexity index is 704. The maximum absolute atomic E-state index is 12.9. The van der Waals surface area contributed by atoms with Gasteiger partial charge >= 0.3 is 12.1 Å². The molecule has 1 aliphatic carbocycles. The van der Waals surface area contributed by atoms with Crippen LogP contribution in [0.15, 0.2) is 30.3 Å². The van der Waals surface area contributed by atoms with Crippen molar-refractivity contribution >= 4 is 17.8 Å². The molecule has 27 heavy (non-hydrogen) atoms. The molecule has 1 saturated heterocycles. The van der Waals surface area contributed by atoms with Gasteiger partial charge in [0.25, 0.3) is 0 Å². The zero-order valence-electron chi connectivity index (χ0n) is 16.0. The summed E-state index contributed by atoms with van der Waals surface area (Å²) in [6.07, 6.45) is 2.61. The first-order valence-electron chi connectivity index (χ1n) is 9.66. The van der Waals surface area contributed by atoms with Gasteiger partial charge in [-0.15, -0.1) is 0 Å². The maximum atomic E-state index is 12.9. The average molecular weight is 373 g/mol. The van der Waals surface area contributed by atoms with Gasteiger partial charge in [0.1, 0.15) is 18.4 Å². The second kappa shape index (κ2) is 8.11. The van der Waals surface area contributed by atoms with Crippen molar-refractivity contribution in [2.45, 2.75) is 64.6 Å². The van der Waals surface area contributed by atoms with Crippen molar-refractivity contribution in [2.75, 3.05) is 6.61 Å². The monoisotopic (exact) mass is 373 g/mol. The van der Waals surface area contributed by atoms with Gasteiger partial charge < -0.3 is 9.47 Å². The fraction of sp³-hybridized carbons (Fsp3) is 0.571. The molecule has 6 nitrogen and oxygen atoms in total. The standard InChI is InChI=1S/C21H27NO5/c1-3-26-19(24)16-13-21(2)17(11-7-8-12-18(21)23)22(16)20(25)27-14-15-9-5-4-6-10-15/h4-6,9-10,16-17H,3,7-8,11-14H2,1-2H3/t16-,17+,21+/m1/s1. The number of esters is 1. The summed E-state index contributed by atoms with van der Waals surface area (Å²) in [5, 5.41) is 0. The second-order valence-electron chi connectivity index (χ2n) is 7.52. The largest absolute Gasteiger partial charge is 0.464 e. The zero-order valence-corrected chi connectivity index (χ0v) is 16.0. The molecule has 1 saturated carbocycles. The number of likely N-dealkylation sites (tertiary alicyclic amines) is 1. The summed E-state index contributed by atoms with van der Waals surface area (Å²) in [5.41, 5.74) is 0.150. The molecule has 2 fully saturated rings. The minimum atomic E-state index is -0.773. The van der Waals surface area contributed by atoms with Crippen LogP contribution in [0.1, 0.15) is 51.5 Å². The van der Waals surface area contributed by atoms with E-state index in [0.717, 1.165) is 18.4 Å². The number of rotatable bonds is 4. The Morgan fingerprint density at radius 3 is 2.63 bits per heavy atom. The van der Waals surface area contributed by atoms with Gasteiger partial charge in [-0.3, -0.25) is 9.69 Å². The molecular formula is C21H27NO5. The predicted octanol–water partition coefficient (Wildman–Crippen LogP) is 3.48. The van der Waals surface area contributed by atoms with E-state index in [-0.39, 0.29) is 25.0 Å². The van der Waals surface area contributed by atoms with E-state index < -0.39 is 23.5 Å². The molecule has 0 N–H and O–H groups in total. The van der Waals surface area contributed by atoms with Gasteiger partial charge in [0.15, 0.2) is 0 Å². The van der Waals surface area contributed by atoms with Crippen molar-refractivity contribution in [2.24, 2.45) is 5.41 Å². The van der Waals surface area contributed by atoms with Gasteiger partial charge in [-0.25, -0.2) is 9.59 Å². The molecule has 0 unspecified atom stereocenters. The topological polar surface area (TPSA) is 72.9 Å². The molecule has 0 spiro atoms. The summed E-state index contributed by atoms with van der Waals surface area (Å²) in [6.45, 7) is 3.97. The highest BCUT2D eigenvalue weighted by Gasteiger charge is 2.58. The summed E-state index contributed by atoms with van der Waals surface area (Å²) in [6, 6.07) is 8.29. The molecule has 1 heterocycles. The molecule has 1 aliphatic heterocycles. The molecule has 1 aromatic carbocycles. The zero-order chi connectivity index (χ0) is 19.4. The first kappa shape index (κ1) is 19.4. The van der Waals surface area contributed by atoms with Crippen LogP contribution < -0.4 is 0 Å². The van der Waals surface area contributed by atoms with E-state index in [0.29, 0.717) is 19.3 Å². The number of benzene rings is 1. The highest BCUT2D eigenvalue weighted by atomic mass is 16.6. The fourth-order valence-corrected chi connectivity index (χ4v) is 4.31. The Morgan fingerprint density at radius 2 is 1.93 bits per heavy atom. The van der Waals surface area contributed by atoms with Crippen molar-refractivity contribution < 1.29 is 23.9 Å². The number of hydrogen-bond donors (Lipinski definition) is 0. The van der Waals surface area contributed by atoms with Crippen LogP contribution in [0.5, 0.6) is 0 Å². The van der Waals surface area contributed by atoms with E-state index >= 15 is 0 Å². The van der Waals surface area contributed by atoms with E-state index in [4.69, 9.17) is 9.47 Å². The summed E-state index contributed by atoms with van der Waals surface area (Å²) >= 11 is 0. The molecule has 0 bridgehead atoms. The van der Waals surface area contributed by atoms with Gasteiger partial charge in [-0.1, -0.05) is 43.7 Å². The van der Waals surface area contributed by atoms with Crippen molar-refractivity contribution in [3.05, 3.63) is 35.9 Å². The van der Waals surface area contributed by atoms with Crippen LogP contribution in [0.2, 0.25) is 0 Å². The highest BCUT2D eigenvalue weighted by Crippen LogP contribution is 2.47. The quantitative estimate of drug-likeness (QED) is 0.756. The third-order valence-corrected chi connectivity index (χ3v) is 5.77. The van der Waals surface area contributed by atoms with Crippen molar-refractivity contribution in [1.29, 1.82) is 0 Å². The molecule has 1 amide bonds. The molecule has 3 rings (SSSR count). The van der Waals surface area contributed by atoms with Gasteiger partial charge in [-0.05, 0) is 31.7 Å². The second-order valence-corrected chi connectivity index (χ2v) is 7.52. The molecule has 6 heteroatoms. The van der Waals surface area contributed by atoms with Crippen LogP contribution in [0.3, 0.4) is 0 Å². The predicted molar refractivity (Wildman–Crippen MR) is 98.9 cm³/mol. The van der Waals surface area contributed by atoms with Gasteiger partial charge in [0, 0.05) is 17.9 Å². The summed E-state index contributed by atoms with van der Waals surface area (Å²) < 4.78 is 10.7. The number of nitrogens with zero attached hydrogens (tertiary/aromatic N) is 1. The number of carbonyl (C=O) groups excluding carboxylic acids is 3. The fourth-order valence-electron chi connectivity index (χ4n) is 4.31. The number of ketones is 1. The van der Waals surface area contributed by atoms with E-state index in [1.165, 1.54) is 4.90 Å². The van der Waals surface area contributed by atoms with Crippen LogP contribution in [-0.2, 0) is 25.7 Å². The molecule has 0 aromatic heterocycles. The number of hydrogen-bond acceptors (Lipinski definition) is 5. The van der Waals surface area contributed by atoms with E-state index in [1.54, 1.807) is 6.92 Å². The van der Waals surface area contributed by atoms with Crippen molar-refractivity contribution in [1.82, 2.24) is 4.90 Å². The first-order valence-corrected chi connectivity index (χ1v) is 9.66. The van der Waals surface area contributed by atoms with Crippen LogP contribution in [0.4, 0.5) is 4.79 Å². The number of carbonyl (C=O) groups is 3. The first-order chi connectivity index (χ1) is 13.0. The van der Waals surface area contributed by atoms with E-state index in [1.807, 2.05) is 37.3 Å². The number of ether oxygens (including phenoxy) is 2. The van der Waals surface area contributed by atoms with Gasteiger partial charge in [0.05, 0.1) is 6.61 Å². The Hall–Kier alpha value is -2.37. The lowest BCUT2D eigenvalue weighted by Gasteiger charge is -2.32. The Morgan fingerprint density at radius 1 is 1.19 bits per heavy atom. The summed E-state index contributed by atoms with van der Waals surface area (Å²) in [4.78, 5) is 39.7. The number of amides is 1. The van der Waals surface area contributed by atoms with Gasteiger partial charge in [0.2, 0.25) is 0 Å². The third-order valence-electron chi connectivity index (χ3n) is 5.77. The Labute approximate surface area is 159 Å². The lowest BCUT2D eigenvalue weighted by Crippen LogP contribution is -2.48. The van der Waals surface area contributed by atoms with Crippen LogP contribution in [0, 0.1) is 5.41 Å². The Kier molecular flexibility index (Phi) is 5.82. The number of fused-ring (bicyclic) bond motifs is 1. The van der Waals surface area contributed by atoms with Crippen molar-refractivity contribution in [3.8, 4) is 0 Å². The van der Waals surface area contributed by atoms with Crippen molar-refractivity contribution in [3.63, 3.8) is 0 Å². The van der Waals surface area contributed by atoms with Crippen LogP contribution in [0.25, 0.3) is 0 Å². The normalized spacial score (nSPS) is 27.6. The van der Waals surface area contributed by atoms with Crippen LogP contribution >= 0.6 is 0 Å². The van der Waals surface area contributed by atoms with E-state index in [9.17, 15) is 14.4 Å². The summed E-state index contributed by atoms with van der Waals surface area (Å²) in [5.74, 6) is -0.339. The van der Waals surface area contributed by atoms with E-state index in [2.05, 4.69) is 0 Å². The summed E-state index contributed by atoms with van der Waals surface area (Å²) in [7, 11) is 0. The minimum Gasteiger partial charge on any atom is -0.464 e. The average Bonchev–Trinajstić information content (AvgIpc) is 2.90. The molecule has 1 aromatic rings. The smallest absolute Gasteiger partial charge is 0.411 e. The lowest BCUT2D eigenvalue weighted by molar-refractivity contribution is -0.148. The molecule has 146 valence electrons. The molecule has 3 atom stereocenters. The third kappa shape index (κ3) is 3.84. The Balaban J connectivity index is 1.83. The lowest BCUT2D eigenvalue weighted by atomic mass is 9.76. The number of Topliss-reactive ketones (excluding diaryl/α,β-unsaturated/α-hetero) is 1. The van der Waals surface area contributed by atoms with Gasteiger partial charge in [-0.2, -0.15) is 0 Å². The van der Waals surface area contributed by atoms with Crippen LogP contribution in [-0.4, -0.2) is 41.4 Å².